The lowest BCUT2D eigenvalue weighted by molar-refractivity contribution is -0.150. The quantitative estimate of drug-likeness (QED) is 0.826. The van der Waals surface area contributed by atoms with Gasteiger partial charge in [-0.15, -0.1) is 10.2 Å². The molecule has 0 saturated carbocycles. The molecule has 90 valence electrons. The third kappa shape index (κ3) is 2.23. The Morgan fingerprint density at radius 2 is 2.25 bits per heavy atom. The molecule has 0 amide bonds. The van der Waals surface area contributed by atoms with E-state index in [4.69, 9.17) is 0 Å². The molecule has 1 aromatic rings. The zero-order valence-corrected chi connectivity index (χ0v) is 10.3. The summed E-state index contributed by atoms with van der Waals surface area (Å²) in [4.78, 5) is 11.3. The molecule has 5 heteroatoms. The molecule has 0 aliphatic carbocycles. The SMILES string of the molecule is CCn1cnnc1CC(C)(C(=O)O)C(C)C. The number of rotatable bonds is 5. The molecule has 1 heterocycles. The van der Waals surface area contributed by atoms with Gasteiger partial charge in [0, 0.05) is 13.0 Å². The van der Waals surface area contributed by atoms with Crippen LogP contribution in [0.25, 0.3) is 0 Å². The van der Waals surface area contributed by atoms with E-state index in [1.807, 2.05) is 25.3 Å². The van der Waals surface area contributed by atoms with E-state index in [0.717, 1.165) is 12.4 Å². The summed E-state index contributed by atoms with van der Waals surface area (Å²) in [7, 11) is 0. The van der Waals surface area contributed by atoms with Gasteiger partial charge in [-0.25, -0.2) is 0 Å². The van der Waals surface area contributed by atoms with Gasteiger partial charge in [-0.05, 0) is 19.8 Å². The number of nitrogens with zero attached hydrogens (tertiary/aromatic N) is 3. The Morgan fingerprint density at radius 3 is 2.69 bits per heavy atom. The van der Waals surface area contributed by atoms with Crippen molar-refractivity contribution in [1.29, 1.82) is 0 Å². The lowest BCUT2D eigenvalue weighted by atomic mass is 9.76. The van der Waals surface area contributed by atoms with Gasteiger partial charge in [0.05, 0.1) is 5.41 Å². The number of carboxylic acid groups (broad SMARTS) is 1. The van der Waals surface area contributed by atoms with Crippen molar-refractivity contribution in [3.05, 3.63) is 12.2 Å². The highest BCUT2D eigenvalue weighted by molar-refractivity contribution is 5.74. The van der Waals surface area contributed by atoms with Crippen molar-refractivity contribution in [3.63, 3.8) is 0 Å². The minimum atomic E-state index is -0.792. The largest absolute Gasteiger partial charge is 0.481 e. The first-order valence-electron chi connectivity index (χ1n) is 5.52. The summed E-state index contributed by atoms with van der Waals surface area (Å²) in [6.45, 7) is 8.34. The molecular weight excluding hydrogens is 206 g/mol. The van der Waals surface area contributed by atoms with Gasteiger partial charge >= 0.3 is 5.97 Å². The van der Waals surface area contributed by atoms with Crippen molar-refractivity contribution in [3.8, 4) is 0 Å². The van der Waals surface area contributed by atoms with Crippen LogP contribution < -0.4 is 0 Å². The van der Waals surface area contributed by atoms with Gasteiger partial charge in [0.15, 0.2) is 0 Å². The van der Waals surface area contributed by atoms with Gasteiger partial charge in [-0.3, -0.25) is 4.79 Å². The number of aryl methyl sites for hydroxylation is 1. The maximum absolute atomic E-state index is 11.3. The number of carbonyl (C=O) groups is 1. The van der Waals surface area contributed by atoms with Crippen molar-refractivity contribution in [1.82, 2.24) is 14.8 Å². The third-order valence-corrected chi connectivity index (χ3v) is 3.32. The van der Waals surface area contributed by atoms with Crippen LogP contribution in [0, 0.1) is 11.3 Å². The van der Waals surface area contributed by atoms with Crippen LogP contribution in [-0.2, 0) is 17.8 Å². The molecule has 0 aliphatic rings. The van der Waals surface area contributed by atoms with Crippen molar-refractivity contribution >= 4 is 5.97 Å². The second-order valence-corrected chi connectivity index (χ2v) is 4.59. The second-order valence-electron chi connectivity index (χ2n) is 4.59. The number of aromatic nitrogens is 3. The lowest BCUT2D eigenvalue weighted by Gasteiger charge is -2.28. The number of hydrogen-bond donors (Lipinski definition) is 1. The summed E-state index contributed by atoms with van der Waals surface area (Å²) in [6.07, 6.45) is 2.05. The van der Waals surface area contributed by atoms with E-state index in [0.29, 0.717) is 6.42 Å². The molecule has 0 saturated heterocycles. The topological polar surface area (TPSA) is 68.0 Å². The van der Waals surface area contributed by atoms with E-state index in [-0.39, 0.29) is 5.92 Å². The van der Waals surface area contributed by atoms with E-state index >= 15 is 0 Å². The highest BCUT2D eigenvalue weighted by atomic mass is 16.4. The minimum absolute atomic E-state index is 0.0482. The van der Waals surface area contributed by atoms with Crippen molar-refractivity contribution < 1.29 is 9.90 Å². The monoisotopic (exact) mass is 225 g/mol. The van der Waals surface area contributed by atoms with Crippen LogP contribution in [0.2, 0.25) is 0 Å². The first kappa shape index (κ1) is 12.7. The Hall–Kier alpha value is -1.39. The maximum Gasteiger partial charge on any atom is 0.310 e. The fourth-order valence-electron chi connectivity index (χ4n) is 1.54. The van der Waals surface area contributed by atoms with Gasteiger partial charge in [0.2, 0.25) is 0 Å². The van der Waals surface area contributed by atoms with Crippen LogP contribution in [0.15, 0.2) is 6.33 Å². The van der Waals surface area contributed by atoms with Gasteiger partial charge in [-0.1, -0.05) is 13.8 Å². The first-order chi connectivity index (χ1) is 7.41. The summed E-state index contributed by atoms with van der Waals surface area (Å²) >= 11 is 0. The Labute approximate surface area is 95.5 Å². The van der Waals surface area contributed by atoms with Crippen LogP contribution in [0.3, 0.4) is 0 Å². The first-order valence-corrected chi connectivity index (χ1v) is 5.52. The summed E-state index contributed by atoms with van der Waals surface area (Å²) in [5.41, 5.74) is -0.792. The van der Waals surface area contributed by atoms with Gasteiger partial charge in [0.1, 0.15) is 12.2 Å². The van der Waals surface area contributed by atoms with Gasteiger partial charge < -0.3 is 9.67 Å². The molecule has 0 fully saturated rings. The highest BCUT2D eigenvalue weighted by Crippen LogP contribution is 2.31. The number of carboxylic acids is 1. The van der Waals surface area contributed by atoms with Crippen LogP contribution in [0.1, 0.15) is 33.5 Å². The zero-order chi connectivity index (χ0) is 12.3. The molecule has 0 spiro atoms. The van der Waals surface area contributed by atoms with E-state index in [9.17, 15) is 9.90 Å². The summed E-state index contributed by atoms with van der Waals surface area (Å²) < 4.78 is 1.88. The van der Waals surface area contributed by atoms with E-state index in [1.54, 1.807) is 13.3 Å². The second kappa shape index (κ2) is 4.63. The summed E-state index contributed by atoms with van der Waals surface area (Å²) in [5.74, 6) is 0.00117. The van der Waals surface area contributed by atoms with E-state index in [1.165, 1.54) is 0 Å². The van der Waals surface area contributed by atoms with Gasteiger partial charge in [-0.2, -0.15) is 0 Å². The van der Waals surface area contributed by atoms with E-state index < -0.39 is 11.4 Å². The van der Waals surface area contributed by atoms with Gasteiger partial charge in [0.25, 0.3) is 0 Å². The number of hydrogen-bond acceptors (Lipinski definition) is 3. The molecule has 1 atom stereocenters. The Bertz CT molecular complexity index is 373. The van der Waals surface area contributed by atoms with Crippen LogP contribution in [0.5, 0.6) is 0 Å². The Morgan fingerprint density at radius 1 is 1.62 bits per heavy atom. The fraction of sp³-hybridized carbons (Fsp3) is 0.727. The van der Waals surface area contributed by atoms with Crippen molar-refractivity contribution in [2.45, 2.75) is 40.7 Å². The number of aliphatic carboxylic acids is 1. The molecule has 0 bridgehead atoms. The smallest absolute Gasteiger partial charge is 0.310 e. The van der Waals surface area contributed by atoms with E-state index in [2.05, 4.69) is 10.2 Å². The molecule has 1 N–H and O–H groups in total. The molecule has 1 aromatic heterocycles. The van der Waals surface area contributed by atoms with Crippen LogP contribution >= 0.6 is 0 Å². The molecule has 1 unspecified atom stereocenters. The van der Waals surface area contributed by atoms with Crippen LogP contribution in [-0.4, -0.2) is 25.8 Å². The molecule has 1 rings (SSSR count). The zero-order valence-electron chi connectivity index (χ0n) is 10.3. The minimum Gasteiger partial charge on any atom is -0.481 e. The molecular formula is C11H19N3O2. The third-order valence-electron chi connectivity index (χ3n) is 3.32. The Kier molecular flexibility index (Phi) is 3.67. The summed E-state index contributed by atoms with van der Waals surface area (Å²) in [5, 5.41) is 17.1. The summed E-state index contributed by atoms with van der Waals surface area (Å²) in [6, 6.07) is 0. The fourth-order valence-corrected chi connectivity index (χ4v) is 1.54. The highest BCUT2D eigenvalue weighted by Gasteiger charge is 2.38. The molecule has 5 nitrogen and oxygen atoms in total. The normalized spacial score (nSPS) is 15.1. The maximum atomic E-state index is 11.3. The molecule has 0 radical (unpaired) electrons. The van der Waals surface area contributed by atoms with Crippen LogP contribution in [0.4, 0.5) is 0 Å². The average Bonchev–Trinajstić information content (AvgIpc) is 2.64. The lowest BCUT2D eigenvalue weighted by Crippen LogP contribution is -2.36. The predicted molar refractivity (Wildman–Crippen MR) is 60.0 cm³/mol. The van der Waals surface area contributed by atoms with Crippen molar-refractivity contribution in [2.24, 2.45) is 11.3 Å². The molecule has 0 aromatic carbocycles. The molecule has 16 heavy (non-hydrogen) atoms. The average molecular weight is 225 g/mol. The Balaban J connectivity index is 2.97. The molecule has 0 aliphatic heterocycles. The predicted octanol–water partition coefficient (Wildman–Crippen LogP) is 1.59. The van der Waals surface area contributed by atoms with Crippen molar-refractivity contribution in [2.75, 3.05) is 0 Å². The standard InChI is InChI=1S/C11H19N3O2/c1-5-14-7-12-13-9(14)6-11(4,8(2)3)10(15)16/h7-8H,5-6H2,1-4H3,(H,15,16).